The minimum Gasteiger partial charge on any atom is -0.508 e. The van der Waals surface area contributed by atoms with E-state index in [1.807, 2.05) is 61.6 Å². The van der Waals surface area contributed by atoms with Crippen LogP contribution in [0.1, 0.15) is 72.5 Å². The molecule has 2 aliphatic heterocycles. The molecule has 0 saturated heterocycles. The summed E-state index contributed by atoms with van der Waals surface area (Å²) in [6.07, 6.45) is 0.881. The van der Waals surface area contributed by atoms with Gasteiger partial charge in [0.25, 0.3) is 17.7 Å². The quantitative estimate of drug-likeness (QED) is 0.157. The van der Waals surface area contributed by atoms with Crippen LogP contribution in [0.3, 0.4) is 0 Å². The molecule has 12 heteroatoms. The topological polar surface area (TPSA) is 124 Å². The van der Waals surface area contributed by atoms with Crippen LogP contribution in [0.25, 0.3) is 22.4 Å². The minimum absolute atomic E-state index is 0.0313. The van der Waals surface area contributed by atoms with Crippen LogP contribution in [0.4, 0.5) is 14.5 Å². The van der Waals surface area contributed by atoms with Crippen molar-refractivity contribution in [1.82, 2.24) is 18.9 Å². The highest BCUT2D eigenvalue weighted by Gasteiger charge is 2.45. The highest BCUT2D eigenvalue weighted by molar-refractivity contribution is 6.14. The highest BCUT2D eigenvalue weighted by Crippen LogP contribution is 2.44. The second-order valence-electron chi connectivity index (χ2n) is 15.8. The van der Waals surface area contributed by atoms with Gasteiger partial charge in [-0.2, -0.15) is 14.0 Å². The first-order valence-corrected chi connectivity index (χ1v) is 19.8. The number of aromatic nitrogens is 2. The number of carbonyl (C=O) groups excluding carboxylic acids is 3. The number of fused-ring (bicyclic) bond motifs is 2. The van der Waals surface area contributed by atoms with Gasteiger partial charge in [-0.15, -0.1) is 0 Å². The third-order valence-electron chi connectivity index (χ3n) is 12.3. The maximum atomic E-state index is 15.7. The van der Waals surface area contributed by atoms with Gasteiger partial charge in [-0.1, -0.05) is 54.6 Å². The minimum atomic E-state index is -3.75. The molecular formula is C48H44F2N6O4. The summed E-state index contributed by atoms with van der Waals surface area (Å²) in [5, 5.41) is 23.0. The summed E-state index contributed by atoms with van der Waals surface area (Å²) in [6, 6.07) is 28.6. The first kappa shape index (κ1) is 39.8. The van der Waals surface area contributed by atoms with E-state index in [2.05, 4.69) is 17.5 Å². The predicted molar refractivity (Wildman–Crippen MR) is 224 cm³/mol. The lowest BCUT2D eigenvalue weighted by molar-refractivity contribution is -0.160. The van der Waals surface area contributed by atoms with E-state index in [9.17, 15) is 20.0 Å². The number of rotatable bonds is 7. The molecule has 0 saturated carbocycles. The van der Waals surface area contributed by atoms with Crippen molar-refractivity contribution >= 4 is 23.4 Å². The predicted octanol–water partition coefficient (Wildman–Crippen LogP) is 8.41. The van der Waals surface area contributed by atoms with Gasteiger partial charge in [-0.05, 0) is 98.3 Å². The molecule has 1 atom stereocenters. The lowest BCUT2D eigenvalue weighted by atomic mass is 9.87. The Hall–Kier alpha value is -7.00. The Morgan fingerprint density at radius 3 is 2.18 bits per heavy atom. The van der Waals surface area contributed by atoms with Gasteiger partial charge in [0.2, 0.25) is 0 Å². The molecular weight excluding hydrogens is 763 g/mol. The van der Waals surface area contributed by atoms with E-state index in [1.54, 1.807) is 41.9 Å². The van der Waals surface area contributed by atoms with E-state index in [-0.39, 0.29) is 42.8 Å². The van der Waals surface area contributed by atoms with Crippen LogP contribution in [0.5, 0.6) is 5.75 Å². The third-order valence-corrected chi connectivity index (χ3v) is 12.3. The summed E-state index contributed by atoms with van der Waals surface area (Å²) < 4.78 is 35.0. The molecule has 60 heavy (non-hydrogen) atoms. The number of benzene rings is 4. The molecule has 4 heterocycles. The second-order valence-corrected chi connectivity index (χ2v) is 15.8. The van der Waals surface area contributed by atoms with Crippen LogP contribution in [-0.4, -0.2) is 54.3 Å². The molecule has 0 spiro atoms. The standard InChI is InChI=1S/C48H44F2N6O4/c1-28-21-31-11-9-10-12-33(31)27-56(28)46(59)41-23-34-26-55(47(60)48(49,50)35-13-7-6-8-14-35)20-19-32(34)22-40(41)44-43(39-24-37(25-51)53(4)29(39)2)42(30(3)54(44)5)45(58)52-36-15-17-38(57)18-16-36/h6-18,22-24,28,57H,19-21,26-27H2,1-5H3,(H,52,58)/t28-/m1/s1. The second kappa shape index (κ2) is 15.3. The zero-order chi connectivity index (χ0) is 42.6. The maximum Gasteiger partial charge on any atom is 0.349 e. The number of hydrogen-bond acceptors (Lipinski definition) is 5. The van der Waals surface area contributed by atoms with E-state index in [0.29, 0.717) is 69.1 Å². The molecule has 6 aromatic rings. The smallest absolute Gasteiger partial charge is 0.349 e. The summed E-state index contributed by atoms with van der Waals surface area (Å²) in [6.45, 7) is 5.94. The molecule has 3 amide bonds. The Morgan fingerprint density at radius 1 is 0.817 bits per heavy atom. The van der Waals surface area contributed by atoms with Crippen LogP contribution in [0.15, 0.2) is 97.1 Å². The fraction of sp³-hybridized carbons (Fsp3) is 0.250. The van der Waals surface area contributed by atoms with E-state index in [0.717, 1.165) is 27.3 Å². The van der Waals surface area contributed by atoms with Crippen molar-refractivity contribution in [1.29, 1.82) is 5.26 Å². The number of phenolic OH excluding ortho intramolecular Hbond substituents is 1. The number of nitriles is 1. The van der Waals surface area contributed by atoms with Crippen LogP contribution in [-0.2, 0) is 50.7 Å². The van der Waals surface area contributed by atoms with E-state index < -0.39 is 17.7 Å². The highest BCUT2D eigenvalue weighted by atomic mass is 19.3. The number of nitrogens with zero attached hydrogens (tertiary/aromatic N) is 5. The van der Waals surface area contributed by atoms with Crippen molar-refractivity contribution in [2.75, 3.05) is 11.9 Å². The fourth-order valence-corrected chi connectivity index (χ4v) is 8.69. The number of alkyl halides is 2. The first-order chi connectivity index (χ1) is 28.7. The number of phenols is 1. The number of nitrogens with one attached hydrogen (secondary N) is 1. The van der Waals surface area contributed by atoms with Gasteiger partial charge in [0, 0.05) is 84.7 Å². The molecule has 8 rings (SSSR count). The van der Waals surface area contributed by atoms with E-state index in [1.165, 1.54) is 36.4 Å². The first-order valence-electron chi connectivity index (χ1n) is 19.8. The average molecular weight is 807 g/mol. The molecule has 0 aliphatic carbocycles. The van der Waals surface area contributed by atoms with Gasteiger partial charge in [0.15, 0.2) is 0 Å². The van der Waals surface area contributed by atoms with Crippen LogP contribution in [0.2, 0.25) is 0 Å². The summed E-state index contributed by atoms with van der Waals surface area (Å²) in [5.41, 5.74) is 8.16. The summed E-state index contributed by atoms with van der Waals surface area (Å²) >= 11 is 0. The van der Waals surface area contributed by atoms with Gasteiger partial charge >= 0.3 is 5.92 Å². The van der Waals surface area contributed by atoms with Gasteiger partial charge in [0.05, 0.1) is 11.3 Å². The zero-order valence-electron chi connectivity index (χ0n) is 34.0. The lowest BCUT2D eigenvalue weighted by Gasteiger charge is -2.36. The number of anilines is 1. The monoisotopic (exact) mass is 806 g/mol. The Kier molecular flexibility index (Phi) is 10.2. The van der Waals surface area contributed by atoms with Crippen LogP contribution in [0, 0.1) is 25.2 Å². The Labute approximate surface area is 346 Å². The summed E-state index contributed by atoms with van der Waals surface area (Å²) in [7, 11) is 3.61. The maximum absolute atomic E-state index is 15.7. The van der Waals surface area contributed by atoms with Crippen molar-refractivity contribution < 1.29 is 28.3 Å². The molecule has 0 unspecified atom stereocenters. The van der Waals surface area contributed by atoms with Crippen molar-refractivity contribution in [3.63, 3.8) is 0 Å². The van der Waals surface area contributed by atoms with Crippen LogP contribution >= 0.6 is 0 Å². The summed E-state index contributed by atoms with van der Waals surface area (Å²) in [4.78, 5) is 46.3. The zero-order valence-corrected chi connectivity index (χ0v) is 34.0. The van der Waals surface area contributed by atoms with E-state index >= 15 is 13.6 Å². The van der Waals surface area contributed by atoms with Gasteiger partial charge < -0.3 is 29.4 Å². The number of carbonyl (C=O) groups is 3. The average Bonchev–Trinajstić information content (AvgIpc) is 3.69. The molecule has 304 valence electrons. The van der Waals surface area contributed by atoms with Crippen molar-refractivity contribution in [3.8, 4) is 34.2 Å². The normalized spacial score (nSPS) is 14.9. The number of aromatic hydroxyl groups is 1. The lowest BCUT2D eigenvalue weighted by Crippen LogP contribution is -2.45. The Morgan fingerprint density at radius 2 is 1.50 bits per heavy atom. The SMILES string of the molecule is Cc1c(-c2c(C(=O)Nc3ccc(O)cc3)c(C)n(C)c2-c2cc3c(cc2C(=O)N2Cc4ccccc4C[C@H]2C)CN(C(=O)C(F)(F)c2ccccc2)CC3)cc(C#N)n1C. The van der Waals surface area contributed by atoms with Gasteiger partial charge in [-0.25, -0.2) is 0 Å². The molecule has 4 aromatic carbocycles. The molecule has 2 aromatic heterocycles. The van der Waals surface area contributed by atoms with E-state index in [4.69, 9.17) is 0 Å². The Balaban J connectivity index is 1.32. The largest absolute Gasteiger partial charge is 0.508 e. The molecule has 2 N–H and O–H groups in total. The van der Waals surface area contributed by atoms with Gasteiger partial charge in [-0.3, -0.25) is 14.4 Å². The van der Waals surface area contributed by atoms with Crippen molar-refractivity contribution in [3.05, 3.63) is 153 Å². The van der Waals surface area contributed by atoms with Crippen molar-refractivity contribution in [2.24, 2.45) is 14.1 Å². The molecule has 2 aliphatic rings. The summed E-state index contributed by atoms with van der Waals surface area (Å²) in [5.74, 6) is -5.73. The molecule has 0 radical (unpaired) electrons. The van der Waals surface area contributed by atoms with Crippen molar-refractivity contribution in [2.45, 2.75) is 58.7 Å². The van der Waals surface area contributed by atoms with Gasteiger partial charge in [0.1, 0.15) is 17.5 Å². The fourth-order valence-electron chi connectivity index (χ4n) is 8.69. The third kappa shape index (κ3) is 6.79. The molecule has 10 nitrogen and oxygen atoms in total. The number of amides is 3. The van der Waals surface area contributed by atoms with Crippen LogP contribution < -0.4 is 5.32 Å². The molecule has 0 bridgehead atoms. The number of halogens is 2. The molecule has 0 fully saturated rings. The number of hydrogen-bond donors (Lipinski definition) is 2. The Bertz CT molecular complexity index is 2750.